The van der Waals surface area contributed by atoms with Crippen LogP contribution in [-0.4, -0.2) is 36.0 Å². The van der Waals surface area contributed by atoms with Gasteiger partial charge in [0.15, 0.2) is 0 Å². The average molecular weight is 265 g/mol. The summed E-state index contributed by atoms with van der Waals surface area (Å²) in [5.74, 6) is -0.589. The Morgan fingerprint density at radius 2 is 2.16 bits per heavy atom. The number of benzene rings is 1. The summed E-state index contributed by atoms with van der Waals surface area (Å²) in [5, 5.41) is 5.67. The number of nitrogens with one attached hydrogen (secondary N) is 2. The van der Waals surface area contributed by atoms with Gasteiger partial charge in [-0.25, -0.2) is 4.39 Å². The van der Waals surface area contributed by atoms with Crippen molar-refractivity contribution >= 4 is 11.8 Å². The van der Waals surface area contributed by atoms with Gasteiger partial charge in [-0.3, -0.25) is 9.59 Å². The fraction of sp³-hybridized carbons (Fsp3) is 0.385. The molecule has 0 aliphatic carbocycles. The second-order valence-electron chi connectivity index (χ2n) is 4.50. The summed E-state index contributed by atoms with van der Waals surface area (Å²) in [6, 6.07) is 5.98. The number of rotatable bonds is 3. The molecule has 2 rings (SSSR count). The topological polar surface area (TPSA) is 61.4 Å². The van der Waals surface area contributed by atoms with E-state index >= 15 is 0 Å². The van der Waals surface area contributed by atoms with Gasteiger partial charge < -0.3 is 15.5 Å². The van der Waals surface area contributed by atoms with Crippen LogP contribution in [0.4, 0.5) is 4.39 Å². The molecule has 0 bridgehead atoms. The van der Waals surface area contributed by atoms with E-state index in [0.29, 0.717) is 13.1 Å². The molecular weight excluding hydrogens is 249 g/mol. The van der Waals surface area contributed by atoms with Crippen molar-refractivity contribution in [2.45, 2.75) is 19.6 Å². The molecule has 2 N–H and O–H groups in total. The highest BCUT2D eigenvalue weighted by Gasteiger charge is 2.28. The van der Waals surface area contributed by atoms with E-state index in [-0.39, 0.29) is 30.3 Å². The summed E-state index contributed by atoms with van der Waals surface area (Å²) < 4.78 is 12.8. The van der Waals surface area contributed by atoms with Crippen LogP contribution in [0.1, 0.15) is 12.5 Å². The molecule has 1 aromatic rings. The number of halogens is 1. The van der Waals surface area contributed by atoms with Crippen molar-refractivity contribution in [1.82, 2.24) is 15.5 Å². The Bertz CT molecular complexity index is 475. The predicted octanol–water partition coefficient (Wildman–Crippen LogP) is 0.220. The van der Waals surface area contributed by atoms with Gasteiger partial charge in [-0.1, -0.05) is 12.1 Å². The van der Waals surface area contributed by atoms with Gasteiger partial charge in [-0.15, -0.1) is 0 Å². The van der Waals surface area contributed by atoms with Crippen molar-refractivity contribution in [1.29, 1.82) is 0 Å². The number of nitrogens with zero attached hydrogens (tertiary/aromatic N) is 1. The Morgan fingerprint density at radius 1 is 1.47 bits per heavy atom. The minimum absolute atomic E-state index is 0.0886. The first-order chi connectivity index (χ1) is 9.06. The normalized spacial score (nSPS) is 19.4. The molecule has 1 atom stereocenters. The quantitative estimate of drug-likeness (QED) is 0.822. The first-order valence-electron chi connectivity index (χ1n) is 6.08. The Morgan fingerprint density at radius 3 is 2.79 bits per heavy atom. The van der Waals surface area contributed by atoms with Crippen LogP contribution in [0.25, 0.3) is 0 Å². The summed E-state index contributed by atoms with van der Waals surface area (Å²) in [6.45, 7) is 2.52. The van der Waals surface area contributed by atoms with Crippen LogP contribution in [0.3, 0.4) is 0 Å². The van der Waals surface area contributed by atoms with E-state index in [0.717, 1.165) is 5.56 Å². The van der Waals surface area contributed by atoms with Gasteiger partial charge in [-0.05, 0) is 17.7 Å². The Labute approximate surface area is 110 Å². The molecule has 5 nitrogen and oxygen atoms in total. The maximum Gasteiger partial charge on any atom is 0.238 e. The lowest BCUT2D eigenvalue weighted by Gasteiger charge is -2.36. The molecule has 0 radical (unpaired) electrons. The molecule has 1 unspecified atom stereocenters. The fourth-order valence-corrected chi connectivity index (χ4v) is 2.05. The van der Waals surface area contributed by atoms with Gasteiger partial charge in [0, 0.05) is 20.0 Å². The Kier molecular flexibility index (Phi) is 4.11. The molecule has 1 aromatic carbocycles. The minimum Gasteiger partial charge on any atom is -0.335 e. The zero-order valence-corrected chi connectivity index (χ0v) is 10.6. The van der Waals surface area contributed by atoms with Gasteiger partial charge in [-0.2, -0.15) is 0 Å². The molecule has 1 fully saturated rings. The SMILES string of the molecule is CC(=O)NC1CNCC(=O)N1Cc1ccc(F)cc1. The van der Waals surface area contributed by atoms with Crippen molar-refractivity contribution in [2.75, 3.05) is 13.1 Å². The van der Waals surface area contributed by atoms with E-state index in [2.05, 4.69) is 10.6 Å². The lowest BCUT2D eigenvalue weighted by molar-refractivity contribution is -0.138. The van der Waals surface area contributed by atoms with E-state index in [1.165, 1.54) is 19.1 Å². The van der Waals surface area contributed by atoms with Gasteiger partial charge >= 0.3 is 0 Å². The Hall–Kier alpha value is -1.95. The van der Waals surface area contributed by atoms with Crippen molar-refractivity contribution in [3.63, 3.8) is 0 Å². The molecule has 0 spiro atoms. The van der Waals surface area contributed by atoms with Gasteiger partial charge in [0.1, 0.15) is 12.0 Å². The number of amides is 2. The van der Waals surface area contributed by atoms with E-state index in [1.807, 2.05) is 0 Å². The minimum atomic E-state index is -0.371. The van der Waals surface area contributed by atoms with Crippen molar-refractivity contribution in [3.8, 4) is 0 Å². The molecule has 19 heavy (non-hydrogen) atoms. The molecule has 0 aromatic heterocycles. The molecule has 1 heterocycles. The van der Waals surface area contributed by atoms with E-state index in [9.17, 15) is 14.0 Å². The highest BCUT2D eigenvalue weighted by molar-refractivity contribution is 5.80. The highest BCUT2D eigenvalue weighted by atomic mass is 19.1. The van der Waals surface area contributed by atoms with Crippen LogP contribution in [0.5, 0.6) is 0 Å². The average Bonchev–Trinajstić information content (AvgIpc) is 2.35. The summed E-state index contributed by atoms with van der Waals surface area (Å²) >= 11 is 0. The second kappa shape index (κ2) is 5.79. The maximum absolute atomic E-state index is 12.8. The zero-order valence-electron chi connectivity index (χ0n) is 10.6. The monoisotopic (exact) mass is 265 g/mol. The highest BCUT2D eigenvalue weighted by Crippen LogP contribution is 2.11. The molecule has 1 aliphatic heterocycles. The lowest BCUT2D eigenvalue weighted by Crippen LogP contribution is -2.60. The number of hydrogen-bond acceptors (Lipinski definition) is 3. The van der Waals surface area contributed by atoms with Gasteiger partial charge in [0.05, 0.1) is 6.54 Å². The van der Waals surface area contributed by atoms with E-state index in [4.69, 9.17) is 0 Å². The number of carbonyl (C=O) groups excluding carboxylic acids is 2. The molecule has 1 saturated heterocycles. The van der Waals surface area contributed by atoms with Crippen LogP contribution in [0.15, 0.2) is 24.3 Å². The standard InChI is InChI=1S/C13H16FN3O2/c1-9(18)16-12-6-15-7-13(19)17(12)8-10-2-4-11(14)5-3-10/h2-5,12,15H,6-8H2,1H3,(H,16,18). The molecule has 6 heteroatoms. The fourth-order valence-electron chi connectivity index (χ4n) is 2.05. The largest absolute Gasteiger partial charge is 0.335 e. The van der Waals surface area contributed by atoms with Crippen LogP contribution in [0, 0.1) is 5.82 Å². The van der Waals surface area contributed by atoms with Crippen LogP contribution in [0.2, 0.25) is 0 Å². The second-order valence-corrected chi connectivity index (χ2v) is 4.50. The van der Waals surface area contributed by atoms with Crippen molar-refractivity contribution in [3.05, 3.63) is 35.6 Å². The number of hydrogen-bond donors (Lipinski definition) is 2. The third kappa shape index (κ3) is 3.51. The summed E-state index contributed by atoms with van der Waals surface area (Å²) in [5.41, 5.74) is 0.826. The lowest BCUT2D eigenvalue weighted by atomic mass is 10.2. The molecule has 2 amide bonds. The Balaban J connectivity index is 2.10. The molecule has 0 saturated carbocycles. The van der Waals surface area contributed by atoms with Crippen LogP contribution >= 0.6 is 0 Å². The van der Waals surface area contributed by atoms with Crippen molar-refractivity contribution in [2.24, 2.45) is 0 Å². The number of carbonyl (C=O) groups is 2. The summed E-state index contributed by atoms with van der Waals surface area (Å²) in [4.78, 5) is 24.6. The van der Waals surface area contributed by atoms with Gasteiger partial charge in [0.2, 0.25) is 11.8 Å². The van der Waals surface area contributed by atoms with Gasteiger partial charge in [0.25, 0.3) is 0 Å². The smallest absolute Gasteiger partial charge is 0.238 e. The third-order valence-corrected chi connectivity index (χ3v) is 2.95. The van der Waals surface area contributed by atoms with Crippen molar-refractivity contribution < 1.29 is 14.0 Å². The molecular formula is C13H16FN3O2. The first-order valence-corrected chi connectivity index (χ1v) is 6.08. The van der Waals surface area contributed by atoms with E-state index in [1.54, 1.807) is 17.0 Å². The van der Waals surface area contributed by atoms with Crippen LogP contribution < -0.4 is 10.6 Å². The third-order valence-electron chi connectivity index (χ3n) is 2.95. The van der Waals surface area contributed by atoms with E-state index < -0.39 is 0 Å². The summed E-state index contributed by atoms with van der Waals surface area (Å²) in [7, 11) is 0. The van der Waals surface area contributed by atoms with Crippen LogP contribution in [-0.2, 0) is 16.1 Å². The zero-order chi connectivity index (χ0) is 13.8. The first kappa shape index (κ1) is 13.5. The maximum atomic E-state index is 12.8. The molecule has 1 aliphatic rings. The molecule has 102 valence electrons. The number of piperazine rings is 1. The predicted molar refractivity (Wildman–Crippen MR) is 67.4 cm³/mol. The summed E-state index contributed by atoms with van der Waals surface area (Å²) in [6.07, 6.45) is -0.371.